The second kappa shape index (κ2) is 9.08. The molecule has 7 nitrogen and oxygen atoms in total. The molecular weight excluding hydrogens is 471 g/mol. The van der Waals surface area contributed by atoms with Crippen molar-refractivity contribution in [2.24, 2.45) is 11.8 Å². The van der Waals surface area contributed by atoms with Crippen LogP contribution >= 0.6 is 0 Å². The molecule has 0 aromatic heterocycles. The van der Waals surface area contributed by atoms with Crippen molar-refractivity contribution >= 4 is 17.6 Å². The lowest BCUT2D eigenvalue weighted by molar-refractivity contribution is -0.153. The number of carboxylic acids is 1. The zero-order valence-electron chi connectivity index (χ0n) is 16.3. The Labute approximate surface area is 181 Å². The molecule has 4 atom stereocenters. The summed E-state index contributed by atoms with van der Waals surface area (Å²) in [5.74, 6) is -10.3. The summed E-state index contributed by atoms with van der Waals surface area (Å²) in [6, 6.07) is 2.54. The number of alkyl halides is 7. The number of anilines is 1. The fourth-order valence-corrected chi connectivity index (χ4v) is 3.36. The van der Waals surface area contributed by atoms with E-state index in [1.54, 1.807) is 0 Å². The first-order valence-electron chi connectivity index (χ1n) is 9.28. The molecule has 2 aliphatic heterocycles. The van der Waals surface area contributed by atoms with Crippen LogP contribution in [0.3, 0.4) is 0 Å². The highest BCUT2D eigenvalue weighted by Crippen LogP contribution is 2.40. The fourth-order valence-electron chi connectivity index (χ4n) is 3.36. The van der Waals surface area contributed by atoms with Gasteiger partial charge in [0, 0.05) is 23.9 Å². The molecule has 2 aliphatic rings. The maximum Gasteiger partial charge on any atom is 0.422 e. The average Bonchev–Trinajstić information content (AvgIpc) is 3.32. The molecule has 14 heteroatoms. The molecule has 0 aliphatic carbocycles. The van der Waals surface area contributed by atoms with Crippen LogP contribution in [0.4, 0.5) is 36.4 Å². The maximum absolute atomic E-state index is 13.2. The smallest absolute Gasteiger partial charge is 0.422 e. The van der Waals surface area contributed by atoms with E-state index in [2.05, 4.69) is 14.8 Å². The summed E-state index contributed by atoms with van der Waals surface area (Å²) in [6.45, 7) is -3.57. The van der Waals surface area contributed by atoms with E-state index >= 15 is 0 Å². The zero-order valence-corrected chi connectivity index (χ0v) is 16.3. The summed E-state index contributed by atoms with van der Waals surface area (Å²) < 4.78 is 103. The van der Waals surface area contributed by atoms with Gasteiger partial charge in [-0.1, -0.05) is 12.2 Å². The number of carbonyl (C=O) groups is 2. The van der Waals surface area contributed by atoms with Gasteiger partial charge < -0.3 is 24.6 Å². The standard InChI is InChI=1S/C19H16F7NO6/c20-17(21)18(22,23)6-31-9-3-8(4-10(5-9)32-7-19(24,25)26)27-15(28)13-11-1-2-12(33-11)14(13)16(29)30/h1-5,11-14,17H,6-7H2,(H,27,28)(H,29,30)/t11-,12+,13+,14+/m1/s1. The second-order valence-corrected chi connectivity index (χ2v) is 7.28. The minimum atomic E-state index is -4.76. The number of benzene rings is 1. The number of halogens is 7. The van der Waals surface area contributed by atoms with Crippen molar-refractivity contribution < 1.29 is 59.6 Å². The zero-order chi connectivity index (χ0) is 24.6. The van der Waals surface area contributed by atoms with Gasteiger partial charge >= 0.3 is 24.5 Å². The Kier molecular flexibility index (Phi) is 6.77. The molecule has 1 aromatic carbocycles. The third-order valence-corrected chi connectivity index (χ3v) is 4.79. The van der Waals surface area contributed by atoms with Crippen LogP contribution < -0.4 is 14.8 Å². The van der Waals surface area contributed by atoms with E-state index in [4.69, 9.17) is 4.74 Å². The molecule has 1 fully saturated rings. The molecule has 1 amide bonds. The largest absolute Gasteiger partial charge is 0.487 e. The van der Waals surface area contributed by atoms with Crippen LogP contribution in [0, 0.1) is 11.8 Å². The molecule has 0 spiro atoms. The van der Waals surface area contributed by atoms with Crippen molar-refractivity contribution in [1.82, 2.24) is 0 Å². The molecule has 33 heavy (non-hydrogen) atoms. The second-order valence-electron chi connectivity index (χ2n) is 7.28. The molecule has 1 aromatic rings. The highest BCUT2D eigenvalue weighted by atomic mass is 19.4. The van der Waals surface area contributed by atoms with Crippen molar-refractivity contribution in [3.63, 3.8) is 0 Å². The molecular formula is C19H16F7NO6. The average molecular weight is 487 g/mol. The summed E-state index contributed by atoms with van der Waals surface area (Å²) in [4.78, 5) is 24.2. The Morgan fingerprint density at radius 3 is 2.03 bits per heavy atom. The number of hydrogen-bond donors (Lipinski definition) is 2. The van der Waals surface area contributed by atoms with Gasteiger partial charge in [0.2, 0.25) is 5.91 Å². The Balaban J connectivity index is 1.81. The first-order chi connectivity index (χ1) is 15.3. The Morgan fingerprint density at radius 1 is 0.970 bits per heavy atom. The van der Waals surface area contributed by atoms with Gasteiger partial charge in [-0.15, -0.1) is 0 Å². The summed E-state index contributed by atoms with van der Waals surface area (Å²) in [6.07, 6.45) is -7.56. The van der Waals surface area contributed by atoms with Crippen LogP contribution in [0.15, 0.2) is 30.4 Å². The van der Waals surface area contributed by atoms with E-state index in [0.717, 1.165) is 18.2 Å². The van der Waals surface area contributed by atoms with Gasteiger partial charge in [-0.25, -0.2) is 8.78 Å². The fraction of sp³-hybridized carbons (Fsp3) is 0.474. The van der Waals surface area contributed by atoms with Crippen LogP contribution in [-0.2, 0) is 14.3 Å². The van der Waals surface area contributed by atoms with Crippen molar-refractivity contribution in [2.75, 3.05) is 18.5 Å². The van der Waals surface area contributed by atoms with E-state index in [1.807, 2.05) is 0 Å². The van der Waals surface area contributed by atoms with E-state index in [1.165, 1.54) is 12.2 Å². The Hall–Kier alpha value is -3.03. The molecule has 1 saturated heterocycles. The van der Waals surface area contributed by atoms with Gasteiger partial charge in [0.25, 0.3) is 0 Å². The van der Waals surface area contributed by atoms with Crippen LogP contribution in [0.2, 0.25) is 0 Å². The third kappa shape index (κ3) is 5.86. The highest BCUT2D eigenvalue weighted by Gasteiger charge is 2.53. The minimum absolute atomic E-state index is 0.300. The number of carboxylic acid groups (broad SMARTS) is 1. The predicted molar refractivity (Wildman–Crippen MR) is 95.5 cm³/mol. The predicted octanol–water partition coefficient (Wildman–Crippen LogP) is 3.50. The van der Waals surface area contributed by atoms with E-state index in [9.17, 15) is 45.4 Å². The highest BCUT2D eigenvalue weighted by molar-refractivity contribution is 5.97. The van der Waals surface area contributed by atoms with Gasteiger partial charge in [-0.3, -0.25) is 9.59 Å². The number of nitrogens with one attached hydrogen (secondary N) is 1. The van der Waals surface area contributed by atoms with Crippen molar-refractivity contribution in [3.8, 4) is 11.5 Å². The number of hydrogen-bond acceptors (Lipinski definition) is 5. The number of amides is 1. The monoisotopic (exact) mass is 487 g/mol. The van der Waals surface area contributed by atoms with E-state index < -0.39 is 79.2 Å². The van der Waals surface area contributed by atoms with Crippen LogP contribution in [0.1, 0.15) is 0 Å². The number of fused-ring (bicyclic) bond motifs is 2. The molecule has 2 N–H and O–H groups in total. The van der Waals surface area contributed by atoms with Crippen LogP contribution in [0.25, 0.3) is 0 Å². The quantitative estimate of drug-likeness (QED) is 0.409. The van der Waals surface area contributed by atoms with E-state index in [-0.39, 0.29) is 5.69 Å². The molecule has 0 saturated carbocycles. The lowest BCUT2D eigenvalue weighted by atomic mass is 9.82. The summed E-state index contributed by atoms with van der Waals surface area (Å²) in [5.41, 5.74) is -0.300. The number of ether oxygens (including phenoxy) is 3. The maximum atomic E-state index is 13.2. The SMILES string of the molecule is O=C(O)[C@@H]1[C@@H](C(=O)Nc2cc(OCC(F)(F)F)cc(OCC(F)(F)C(F)F)c2)[C@H]2C=C[C@@H]1O2. The van der Waals surface area contributed by atoms with Gasteiger partial charge in [-0.2, -0.15) is 22.0 Å². The van der Waals surface area contributed by atoms with Gasteiger partial charge in [0.1, 0.15) is 17.4 Å². The van der Waals surface area contributed by atoms with Crippen LogP contribution in [-0.4, -0.2) is 60.9 Å². The summed E-state index contributed by atoms with van der Waals surface area (Å²) >= 11 is 0. The Morgan fingerprint density at radius 2 is 1.52 bits per heavy atom. The van der Waals surface area contributed by atoms with Gasteiger partial charge in [0.05, 0.1) is 18.1 Å². The topological polar surface area (TPSA) is 94.1 Å². The molecule has 0 unspecified atom stereocenters. The van der Waals surface area contributed by atoms with Crippen molar-refractivity contribution in [2.45, 2.75) is 30.7 Å². The number of aliphatic carboxylic acids is 1. The molecule has 2 bridgehead atoms. The molecule has 2 heterocycles. The minimum Gasteiger partial charge on any atom is -0.487 e. The van der Waals surface area contributed by atoms with Crippen LogP contribution in [0.5, 0.6) is 11.5 Å². The first-order valence-corrected chi connectivity index (χ1v) is 9.28. The Bertz CT molecular complexity index is 936. The number of carbonyl (C=O) groups excluding carboxylic acids is 1. The molecule has 182 valence electrons. The lowest BCUT2D eigenvalue weighted by Gasteiger charge is -2.22. The van der Waals surface area contributed by atoms with E-state index in [0.29, 0.717) is 0 Å². The number of rotatable bonds is 9. The van der Waals surface area contributed by atoms with Gasteiger partial charge in [0.15, 0.2) is 13.2 Å². The molecule has 3 rings (SSSR count). The van der Waals surface area contributed by atoms with Crippen molar-refractivity contribution in [3.05, 3.63) is 30.4 Å². The first kappa shape index (κ1) is 24.6. The van der Waals surface area contributed by atoms with Crippen molar-refractivity contribution in [1.29, 1.82) is 0 Å². The lowest BCUT2D eigenvalue weighted by Crippen LogP contribution is -2.39. The summed E-state index contributed by atoms with van der Waals surface area (Å²) in [5, 5.41) is 11.6. The van der Waals surface area contributed by atoms with Gasteiger partial charge in [-0.05, 0) is 0 Å². The normalized spacial score (nSPS) is 24.2. The summed E-state index contributed by atoms with van der Waals surface area (Å²) in [7, 11) is 0. The third-order valence-electron chi connectivity index (χ3n) is 4.79. The molecule has 0 radical (unpaired) electrons.